The number of amides is 2. The topological polar surface area (TPSA) is 58.2 Å². The van der Waals surface area contributed by atoms with Crippen molar-refractivity contribution < 1.29 is 25.8 Å². The first kappa shape index (κ1) is 42.4. The number of carbonyl (C=O) groups excluding carboxylic acids is 2. The van der Waals surface area contributed by atoms with E-state index in [0.29, 0.717) is 0 Å². The van der Waals surface area contributed by atoms with Gasteiger partial charge in [0.2, 0.25) is 0 Å². The summed E-state index contributed by atoms with van der Waals surface area (Å²) < 4.78 is -1.92. The maximum atomic E-state index is 13.8. The van der Waals surface area contributed by atoms with E-state index in [1.165, 1.54) is 33.4 Å². The Bertz CT molecular complexity index is 2160. The molecule has 0 radical (unpaired) electrons. The van der Waals surface area contributed by atoms with Gasteiger partial charge in [0.25, 0.3) is 0 Å². The first-order valence-electron chi connectivity index (χ1n) is 20.1. The molecule has 0 heterocycles. The fraction of sp³-hybridized carbons (Fsp3) is 0.375. The molecule has 56 heavy (non-hydrogen) atoms. The molecule has 2 amide bonds. The summed E-state index contributed by atoms with van der Waals surface area (Å²) in [5, 5.41) is 6.60. The van der Waals surface area contributed by atoms with Gasteiger partial charge in [-0.1, -0.05) is 0 Å². The third-order valence-corrected chi connectivity index (χ3v) is 32.2. The number of allylic oxidation sites excluding steroid dienone is 2. The number of hydrogen-bond donors (Lipinski definition) is 2. The predicted molar refractivity (Wildman–Crippen MR) is 237 cm³/mol. The van der Waals surface area contributed by atoms with Crippen molar-refractivity contribution in [3.63, 3.8) is 0 Å². The van der Waals surface area contributed by atoms with Crippen LogP contribution in [0, 0.1) is 38.5 Å². The average Bonchev–Trinajstić information content (AvgIpc) is 3.76. The van der Waals surface area contributed by atoms with Crippen LogP contribution in [0.15, 0.2) is 83.9 Å². The van der Waals surface area contributed by atoms with Crippen LogP contribution in [-0.2, 0) is 25.8 Å². The van der Waals surface area contributed by atoms with E-state index in [4.69, 9.17) is 17.0 Å². The Kier molecular flexibility index (Phi) is 11.5. The van der Waals surface area contributed by atoms with Crippen LogP contribution in [0.4, 0.5) is 0 Å². The van der Waals surface area contributed by atoms with E-state index in [-0.39, 0.29) is 35.5 Å². The van der Waals surface area contributed by atoms with Gasteiger partial charge in [-0.25, -0.2) is 0 Å². The third kappa shape index (κ3) is 7.15. The summed E-state index contributed by atoms with van der Waals surface area (Å²) in [6.07, 6.45) is 5.10. The van der Waals surface area contributed by atoms with Gasteiger partial charge < -0.3 is 0 Å². The van der Waals surface area contributed by atoms with Crippen molar-refractivity contribution in [2.75, 3.05) is 0 Å². The SMILES string of the molecule is CCC(=O)N[B](NC(=O)CC)[Zr]([Cl])([Cl])([CH]1C(C(C)(C)C)=Cc2c(-c3cccc(C)c3C)cccc21)[CH]1C(C(C)(C)C)=Cc2c(-c3cccc(C)c3C)cccc21. The van der Waals surface area contributed by atoms with Crippen LogP contribution in [0.2, 0.25) is 0 Å². The van der Waals surface area contributed by atoms with E-state index in [0.717, 1.165) is 44.5 Å². The molecule has 6 rings (SSSR count). The molecule has 2 unspecified atom stereocenters. The molecular formula is C48H58BCl2N2O2Zr. The summed E-state index contributed by atoms with van der Waals surface area (Å²) in [7, 11) is 18.0. The number of halogens is 2. The second kappa shape index (κ2) is 15.2. The molecule has 0 spiro atoms. The van der Waals surface area contributed by atoms with E-state index in [2.05, 4.69) is 165 Å². The molecule has 2 atom stereocenters. The van der Waals surface area contributed by atoms with Crippen LogP contribution in [0.1, 0.15) is 120 Å². The Hall–Kier alpha value is -3.17. The van der Waals surface area contributed by atoms with Gasteiger partial charge in [-0.3, -0.25) is 0 Å². The molecule has 0 saturated heterocycles. The Balaban J connectivity index is 1.78. The van der Waals surface area contributed by atoms with E-state index in [1.54, 1.807) is 0 Å². The van der Waals surface area contributed by atoms with Gasteiger partial charge in [0, 0.05) is 0 Å². The number of fused-ring (bicyclic) bond motifs is 2. The fourth-order valence-corrected chi connectivity index (χ4v) is 30.3. The molecule has 0 aliphatic heterocycles. The normalized spacial score (nSPS) is 17.3. The van der Waals surface area contributed by atoms with Crippen molar-refractivity contribution in [1.29, 1.82) is 0 Å². The van der Waals surface area contributed by atoms with Crippen LogP contribution in [0.5, 0.6) is 0 Å². The molecule has 0 fully saturated rings. The molecule has 2 N–H and O–H groups in total. The summed E-state index contributed by atoms with van der Waals surface area (Å²) in [6.45, 7) is 25.7. The van der Waals surface area contributed by atoms with Gasteiger partial charge in [-0.2, -0.15) is 0 Å². The molecule has 0 bridgehead atoms. The second-order valence-electron chi connectivity index (χ2n) is 18.2. The minimum absolute atomic E-state index is 0.208. The van der Waals surface area contributed by atoms with Crippen molar-refractivity contribution in [3.8, 4) is 22.3 Å². The molecular weight excluding hydrogens is 809 g/mol. The van der Waals surface area contributed by atoms with Crippen molar-refractivity contribution >= 4 is 45.5 Å². The predicted octanol–water partition coefficient (Wildman–Crippen LogP) is 13.0. The Labute approximate surface area is 344 Å². The zero-order chi connectivity index (χ0) is 41.1. The first-order valence-corrected chi connectivity index (χ1v) is 30.7. The molecule has 2 aliphatic carbocycles. The molecule has 4 nitrogen and oxygen atoms in total. The van der Waals surface area contributed by atoms with Crippen molar-refractivity contribution in [2.24, 2.45) is 10.8 Å². The van der Waals surface area contributed by atoms with Gasteiger partial charge in [0.1, 0.15) is 0 Å². The van der Waals surface area contributed by atoms with E-state index in [9.17, 15) is 9.59 Å². The monoisotopic (exact) mass is 865 g/mol. The molecule has 293 valence electrons. The van der Waals surface area contributed by atoms with Crippen molar-refractivity contribution in [1.82, 2.24) is 10.5 Å². The van der Waals surface area contributed by atoms with Crippen molar-refractivity contribution in [2.45, 2.75) is 103 Å². The third-order valence-electron chi connectivity index (χ3n) is 12.6. The first-order chi connectivity index (χ1) is 26.1. The fourth-order valence-electron chi connectivity index (χ4n) is 9.19. The molecule has 4 aromatic carbocycles. The number of nitrogens with one attached hydrogen (secondary N) is 2. The summed E-state index contributed by atoms with van der Waals surface area (Å²) in [6, 6.07) is 25.9. The number of rotatable bonds is 9. The molecule has 2 aliphatic rings. The Morgan fingerprint density at radius 1 is 0.589 bits per heavy atom. The summed E-state index contributed by atoms with van der Waals surface area (Å²) in [4.78, 5) is 27.6. The molecule has 8 heteroatoms. The number of carbonyl (C=O) groups is 2. The Morgan fingerprint density at radius 2 is 0.929 bits per heavy atom. The number of hydrogen-bond acceptors (Lipinski definition) is 2. The second-order valence-corrected chi connectivity index (χ2v) is 39.6. The van der Waals surface area contributed by atoms with Crippen LogP contribution in [0.25, 0.3) is 34.4 Å². The zero-order valence-electron chi connectivity index (χ0n) is 35.3. The Morgan fingerprint density at radius 3 is 1.27 bits per heavy atom. The van der Waals surface area contributed by atoms with Crippen LogP contribution in [-0.4, -0.2) is 16.3 Å². The number of benzene rings is 4. The van der Waals surface area contributed by atoms with E-state index in [1.807, 2.05) is 13.8 Å². The zero-order valence-corrected chi connectivity index (χ0v) is 39.3. The van der Waals surface area contributed by atoms with Crippen molar-refractivity contribution in [3.05, 3.63) is 128 Å². The summed E-state index contributed by atoms with van der Waals surface area (Å²) >= 11 is -6.14. The number of aryl methyl sites for hydroxylation is 2. The minimum atomic E-state index is -6.14. The average molecular weight is 868 g/mol. The summed E-state index contributed by atoms with van der Waals surface area (Å²) in [5.41, 5.74) is 15.3. The molecule has 4 aromatic rings. The molecule has 0 aromatic heterocycles. The van der Waals surface area contributed by atoms with Gasteiger partial charge >= 0.3 is 346 Å². The standard InChI is InChI=1S/2C21H23.C6H11BN2O2.2ClH.Zr/c2*1-14-8-6-10-18(15(14)2)19-11-7-9-16-12-17(13-20(16)19)21(3,4)5;1-3-5(10)8-7-9-6(11)4-2;;;/h2*6-13H,1-5H3;3-4H2,1-2H3,(H-,8,9,10,11);2*1H;/q;;;;;+1/p-1. The van der Waals surface area contributed by atoms with Crippen LogP contribution >= 0.6 is 17.0 Å². The van der Waals surface area contributed by atoms with E-state index >= 15 is 0 Å². The van der Waals surface area contributed by atoms with E-state index < -0.39 is 27.9 Å². The maximum absolute atomic E-state index is 13.8. The van der Waals surface area contributed by atoms with Crippen LogP contribution in [0.3, 0.4) is 0 Å². The van der Waals surface area contributed by atoms with Gasteiger partial charge in [0.05, 0.1) is 0 Å². The van der Waals surface area contributed by atoms with Crippen LogP contribution < -0.4 is 10.5 Å². The summed E-state index contributed by atoms with van der Waals surface area (Å²) in [5.74, 6) is -0.416. The molecule has 0 saturated carbocycles. The van der Waals surface area contributed by atoms with Gasteiger partial charge in [-0.05, 0) is 0 Å². The van der Waals surface area contributed by atoms with Gasteiger partial charge in [-0.15, -0.1) is 0 Å². The quantitative estimate of drug-likeness (QED) is 0.165. The van der Waals surface area contributed by atoms with Gasteiger partial charge in [0.15, 0.2) is 0 Å².